The van der Waals surface area contributed by atoms with Gasteiger partial charge in [-0.1, -0.05) is 36.4 Å². The van der Waals surface area contributed by atoms with E-state index in [1.807, 2.05) is 30.3 Å². The van der Waals surface area contributed by atoms with Crippen molar-refractivity contribution in [1.82, 2.24) is 0 Å². The molecule has 100 valence electrons. The van der Waals surface area contributed by atoms with E-state index in [4.69, 9.17) is 10.5 Å². The highest BCUT2D eigenvalue weighted by molar-refractivity contribution is 5.36. The third-order valence-electron chi connectivity index (χ3n) is 3.47. The minimum absolute atomic E-state index is 0.377. The largest absolute Gasteiger partial charge is 0.497 e. The standard InChI is InChI=1S/C17H21NO/c1-13-7-4-5-10-16(13)17(2,18)12-14-8-6-9-15(11-14)19-3/h4-11H,12,18H2,1-3H3. The van der Waals surface area contributed by atoms with E-state index >= 15 is 0 Å². The number of rotatable bonds is 4. The Morgan fingerprint density at radius 2 is 1.84 bits per heavy atom. The number of hydrogen-bond donors (Lipinski definition) is 1. The molecule has 0 bridgehead atoms. The maximum absolute atomic E-state index is 6.52. The highest BCUT2D eigenvalue weighted by Crippen LogP contribution is 2.26. The fraction of sp³-hybridized carbons (Fsp3) is 0.294. The van der Waals surface area contributed by atoms with E-state index in [0.29, 0.717) is 0 Å². The van der Waals surface area contributed by atoms with Gasteiger partial charge in [-0.15, -0.1) is 0 Å². The molecule has 0 amide bonds. The van der Waals surface area contributed by atoms with Crippen LogP contribution in [0.15, 0.2) is 48.5 Å². The van der Waals surface area contributed by atoms with Gasteiger partial charge in [0, 0.05) is 5.54 Å². The predicted molar refractivity (Wildman–Crippen MR) is 79.4 cm³/mol. The van der Waals surface area contributed by atoms with Gasteiger partial charge in [0.15, 0.2) is 0 Å². The molecule has 0 aliphatic rings. The lowest BCUT2D eigenvalue weighted by atomic mass is 9.84. The van der Waals surface area contributed by atoms with Gasteiger partial charge in [0.05, 0.1) is 7.11 Å². The second kappa shape index (κ2) is 5.45. The maximum Gasteiger partial charge on any atom is 0.119 e. The predicted octanol–water partition coefficient (Wildman–Crippen LogP) is 3.42. The van der Waals surface area contributed by atoms with Crippen LogP contribution in [-0.2, 0) is 12.0 Å². The number of methoxy groups -OCH3 is 1. The van der Waals surface area contributed by atoms with Crippen LogP contribution in [0.25, 0.3) is 0 Å². The number of hydrogen-bond acceptors (Lipinski definition) is 2. The second-order valence-corrected chi connectivity index (χ2v) is 5.26. The van der Waals surface area contributed by atoms with Gasteiger partial charge in [-0.25, -0.2) is 0 Å². The van der Waals surface area contributed by atoms with E-state index in [9.17, 15) is 0 Å². The summed E-state index contributed by atoms with van der Waals surface area (Å²) in [4.78, 5) is 0. The zero-order chi connectivity index (χ0) is 13.9. The lowest BCUT2D eigenvalue weighted by Gasteiger charge is -2.27. The van der Waals surface area contributed by atoms with Crippen LogP contribution in [0, 0.1) is 6.92 Å². The third kappa shape index (κ3) is 3.15. The van der Waals surface area contributed by atoms with Gasteiger partial charge >= 0.3 is 0 Å². The Labute approximate surface area is 115 Å². The summed E-state index contributed by atoms with van der Waals surface area (Å²) in [5, 5.41) is 0. The van der Waals surface area contributed by atoms with Crippen LogP contribution >= 0.6 is 0 Å². The van der Waals surface area contributed by atoms with Crippen molar-refractivity contribution >= 4 is 0 Å². The third-order valence-corrected chi connectivity index (χ3v) is 3.47. The van der Waals surface area contributed by atoms with E-state index in [1.54, 1.807) is 7.11 Å². The summed E-state index contributed by atoms with van der Waals surface area (Å²) in [7, 11) is 1.68. The van der Waals surface area contributed by atoms with Crippen LogP contribution < -0.4 is 10.5 Å². The zero-order valence-electron chi connectivity index (χ0n) is 11.8. The number of aryl methyl sites for hydroxylation is 1. The molecule has 1 atom stereocenters. The summed E-state index contributed by atoms with van der Waals surface area (Å²) >= 11 is 0. The summed E-state index contributed by atoms with van der Waals surface area (Å²) in [6.07, 6.45) is 0.787. The van der Waals surface area contributed by atoms with Crippen molar-refractivity contribution in [2.75, 3.05) is 7.11 Å². The molecule has 0 saturated heterocycles. The number of benzene rings is 2. The highest BCUT2D eigenvalue weighted by atomic mass is 16.5. The molecule has 2 nitrogen and oxygen atoms in total. The summed E-state index contributed by atoms with van der Waals surface area (Å²) in [5.74, 6) is 0.873. The molecule has 2 heteroatoms. The van der Waals surface area contributed by atoms with Crippen molar-refractivity contribution in [3.63, 3.8) is 0 Å². The molecule has 1 unspecified atom stereocenters. The van der Waals surface area contributed by atoms with Crippen LogP contribution in [0.5, 0.6) is 5.75 Å². The molecule has 0 spiro atoms. The van der Waals surface area contributed by atoms with Crippen LogP contribution in [0.3, 0.4) is 0 Å². The summed E-state index contributed by atoms with van der Waals surface area (Å²) in [6.45, 7) is 4.18. The smallest absolute Gasteiger partial charge is 0.119 e. The lowest BCUT2D eigenvalue weighted by molar-refractivity contribution is 0.413. The molecule has 2 rings (SSSR count). The Balaban J connectivity index is 2.28. The van der Waals surface area contributed by atoms with Crippen molar-refractivity contribution in [2.45, 2.75) is 25.8 Å². The molecule has 0 aromatic heterocycles. The highest BCUT2D eigenvalue weighted by Gasteiger charge is 2.23. The van der Waals surface area contributed by atoms with Crippen molar-refractivity contribution in [3.05, 3.63) is 65.2 Å². The van der Waals surface area contributed by atoms with E-state index in [2.05, 4.69) is 32.0 Å². The summed E-state index contributed by atoms with van der Waals surface area (Å²) < 4.78 is 5.26. The SMILES string of the molecule is COc1cccc(CC(C)(N)c2ccccc2C)c1. The van der Waals surface area contributed by atoms with E-state index < -0.39 is 0 Å². The Bertz CT molecular complexity index is 561. The number of ether oxygens (including phenoxy) is 1. The van der Waals surface area contributed by atoms with E-state index in [-0.39, 0.29) is 5.54 Å². The first-order valence-corrected chi connectivity index (χ1v) is 6.51. The Morgan fingerprint density at radius 3 is 2.53 bits per heavy atom. The number of nitrogens with two attached hydrogens (primary N) is 1. The van der Waals surface area contributed by atoms with Crippen LogP contribution in [0.1, 0.15) is 23.6 Å². The van der Waals surface area contributed by atoms with Gasteiger partial charge in [-0.2, -0.15) is 0 Å². The molecule has 2 N–H and O–H groups in total. The average Bonchev–Trinajstić information content (AvgIpc) is 2.38. The Hall–Kier alpha value is -1.80. The van der Waals surface area contributed by atoms with Crippen molar-refractivity contribution in [2.24, 2.45) is 5.73 Å². The molecule has 0 heterocycles. The monoisotopic (exact) mass is 255 g/mol. The average molecular weight is 255 g/mol. The van der Waals surface area contributed by atoms with Crippen LogP contribution in [0.4, 0.5) is 0 Å². The first-order chi connectivity index (χ1) is 9.03. The van der Waals surface area contributed by atoms with Crippen LogP contribution in [-0.4, -0.2) is 7.11 Å². The minimum atomic E-state index is -0.377. The molecule has 2 aromatic carbocycles. The molecule has 0 radical (unpaired) electrons. The molecule has 2 aromatic rings. The van der Waals surface area contributed by atoms with Crippen molar-refractivity contribution in [1.29, 1.82) is 0 Å². The Kier molecular flexibility index (Phi) is 3.91. The molecule has 0 aliphatic heterocycles. The molecule has 0 aliphatic carbocycles. The zero-order valence-corrected chi connectivity index (χ0v) is 11.8. The fourth-order valence-corrected chi connectivity index (χ4v) is 2.52. The lowest BCUT2D eigenvalue weighted by Crippen LogP contribution is -2.36. The first kappa shape index (κ1) is 13.6. The van der Waals surface area contributed by atoms with Gasteiger partial charge in [0.25, 0.3) is 0 Å². The molecule has 0 fully saturated rings. The quantitative estimate of drug-likeness (QED) is 0.908. The minimum Gasteiger partial charge on any atom is -0.497 e. The van der Waals surface area contributed by atoms with E-state index in [0.717, 1.165) is 12.2 Å². The first-order valence-electron chi connectivity index (χ1n) is 6.51. The molecular weight excluding hydrogens is 234 g/mol. The normalized spacial score (nSPS) is 13.9. The van der Waals surface area contributed by atoms with E-state index in [1.165, 1.54) is 16.7 Å². The van der Waals surface area contributed by atoms with Gasteiger partial charge in [-0.3, -0.25) is 0 Å². The topological polar surface area (TPSA) is 35.2 Å². The van der Waals surface area contributed by atoms with Gasteiger partial charge < -0.3 is 10.5 Å². The van der Waals surface area contributed by atoms with Gasteiger partial charge in [0.2, 0.25) is 0 Å². The van der Waals surface area contributed by atoms with Gasteiger partial charge in [0.1, 0.15) is 5.75 Å². The van der Waals surface area contributed by atoms with Crippen LogP contribution in [0.2, 0.25) is 0 Å². The van der Waals surface area contributed by atoms with Crippen molar-refractivity contribution < 1.29 is 4.74 Å². The maximum atomic E-state index is 6.52. The van der Waals surface area contributed by atoms with Crippen molar-refractivity contribution in [3.8, 4) is 5.75 Å². The van der Waals surface area contributed by atoms with Gasteiger partial charge in [-0.05, 0) is 49.1 Å². The molecule has 0 saturated carbocycles. The summed E-state index contributed by atoms with van der Waals surface area (Å²) in [6, 6.07) is 16.4. The second-order valence-electron chi connectivity index (χ2n) is 5.26. The Morgan fingerprint density at radius 1 is 1.11 bits per heavy atom. The molecule has 19 heavy (non-hydrogen) atoms. The fourth-order valence-electron chi connectivity index (χ4n) is 2.52. The molecular formula is C17H21NO. The summed E-state index contributed by atoms with van der Waals surface area (Å²) in [5.41, 5.74) is 9.76.